The van der Waals surface area contributed by atoms with Gasteiger partial charge in [0.2, 0.25) is 0 Å². The maximum Gasteiger partial charge on any atom is 0.149 e. The molecule has 0 saturated carbocycles. The SMILES string of the molecule is CC(C)C(=O)CN1CCN(CCC(=O)C(C)(C)C)CC1. The van der Waals surface area contributed by atoms with Gasteiger partial charge in [0.05, 0.1) is 6.54 Å². The Morgan fingerprint density at radius 2 is 1.50 bits per heavy atom. The molecule has 0 radical (unpaired) electrons. The summed E-state index contributed by atoms with van der Waals surface area (Å²) in [7, 11) is 0. The topological polar surface area (TPSA) is 40.6 Å². The summed E-state index contributed by atoms with van der Waals surface area (Å²) in [5.41, 5.74) is -0.231. The number of carbonyl (C=O) groups is 2. The van der Waals surface area contributed by atoms with E-state index in [1.165, 1.54) is 0 Å². The van der Waals surface area contributed by atoms with Crippen molar-refractivity contribution in [2.45, 2.75) is 41.0 Å². The summed E-state index contributed by atoms with van der Waals surface area (Å²) in [6.45, 7) is 15.1. The van der Waals surface area contributed by atoms with E-state index in [1.54, 1.807) is 0 Å². The van der Waals surface area contributed by atoms with Gasteiger partial charge in [-0.2, -0.15) is 0 Å². The Morgan fingerprint density at radius 1 is 1.00 bits per heavy atom. The molecular weight excluding hydrogens is 252 g/mol. The number of hydrogen-bond acceptors (Lipinski definition) is 4. The molecule has 1 heterocycles. The fourth-order valence-electron chi connectivity index (χ4n) is 2.21. The van der Waals surface area contributed by atoms with Crippen LogP contribution in [0.4, 0.5) is 0 Å². The van der Waals surface area contributed by atoms with E-state index in [9.17, 15) is 9.59 Å². The quantitative estimate of drug-likeness (QED) is 0.745. The second kappa shape index (κ2) is 7.32. The second-order valence-corrected chi connectivity index (χ2v) is 7.16. The summed E-state index contributed by atoms with van der Waals surface area (Å²) in [6.07, 6.45) is 0.633. The van der Waals surface area contributed by atoms with Crippen molar-refractivity contribution in [3.63, 3.8) is 0 Å². The van der Waals surface area contributed by atoms with Gasteiger partial charge in [-0.25, -0.2) is 0 Å². The predicted molar refractivity (Wildman–Crippen MR) is 81.8 cm³/mol. The Labute approximate surface area is 123 Å². The highest BCUT2D eigenvalue weighted by molar-refractivity contribution is 5.83. The Balaban J connectivity index is 2.26. The zero-order chi connectivity index (χ0) is 15.3. The van der Waals surface area contributed by atoms with E-state index >= 15 is 0 Å². The minimum atomic E-state index is -0.231. The van der Waals surface area contributed by atoms with Crippen molar-refractivity contribution >= 4 is 11.6 Å². The molecule has 0 unspecified atom stereocenters. The molecule has 1 saturated heterocycles. The molecule has 0 atom stereocenters. The van der Waals surface area contributed by atoms with Gasteiger partial charge in [-0.3, -0.25) is 14.5 Å². The van der Waals surface area contributed by atoms with Gasteiger partial charge in [0.15, 0.2) is 0 Å². The molecule has 1 aliphatic rings. The highest BCUT2D eigenvalue weighted by Crippen LogP contribution is 2.17. The third-order valence-electron chi connectivity index (χ3n) is 3.98. The smallest absolute Gasteiger partial charge is 0.149 e. The number of piperazine rings is 1. The lowest BCUT2D eigenvalue weighted by Crippen LogP contribution is -2.48. The fraction of sp³-hybridized carbons (Fsp3) is 0.875. The molecule has 0 bridgehead atoms. The van der Waals surface area contributed by atoms with E-state index < -0.39 is 0 Å². The van der Waals surface area contributed by atoms with Crippen LogP contribution >= 0.6 is 0 Å². The highest BCUT2D eigenvalue weighted by atomic mass is 16.1. The van der Waals surface area contributed by atoms with Crippen LogP contribution in [0.15, 0.2) is 0 Å². The first kappa shape index (κ1) is 17.3. The molecule has 20 heavy (non-hydrogen) atoms. The van der Waals surface area contributed by atoms with Crippen LogP contribution < -0.4 is 0 Å². The molecule has 1 aliphatic heterocycles. The van der Waals surface area contributed by atoms with Crippen LogP contribution in [0.2, 0.25) is 0 Å². The lowest BCUT2D eigenvalue weighted by Gasteiger charge is -2.34. The first-order valence-electron chi connectivity index (χ1n) is 7.71. The Kier molecular flexibility index (Phi) is 6.34. The first-order valence-corrected chi connectivity index (χ1v) is 7.71. The zero-order valence-electron chi connectivity index (χ0n) is 13.7. The molecule has 116 valence electrons. The van der Waals surface area contributed by atoms with Crippen LogP contribution in [0, 0.1) is 11.3 Å². The number of Topliss-reactive ketones (excluding diaryl/α,β-unsaturated/α-hetero) is 2. The minimum Gasteiger partial charge on any atom is -0.300 e. The van der Waals surface area contributed by atoms with E-state index in [1.807, 2.05) is 34.6 Å². The van der Waals surface area contributed by atoms with Gasteiger partial charge in [-0.05, 0) is 0 Å². The molecule has 1 rings (SSSR count). The average molecular weight is 282 g/mol. The maximum atomic E-state index is 11.9. The highest BCUT2D eigenvalue weighted by Gasteiger charge is 2.23. The molecule has 0 amide bonds. The van der Waals surface area contributed by atoms with E-state index in [-0.39, 0.29) is 11.3 Å². The van der Waals surface area contributed by atoms with E-state index in [2.05, 4.69) is 9.80 Å². The second-order valence-electron chi connectivity index (χ2n) is 7.16. The van der Waals surface area contributed by atoms with Gasteiger partial charge in [-0.1, -0.05) is 34.6 Å². The van der Waals surface area contributed by atoms with E-state index in [4.69, 9.17) is 0 Å². The normalized spacial score (nSPS) is 18.5. The molecule has 1 fully saturated rings. The maximum absolute atomic E-state index is 11.9. The third kappa shape index (κ3) is 5.71. The van der Waals surface area contributed by atoms with Crippen LogP contribution in [0.5, 0.6) is 0 Å². The number of carbonyl (C=O) groups excluding carboxylic acids is 2. The van der Waals surface area contributed by atoms with Crippen molar-refractivity contribution < 1.29 is 9.59 Å². The number of ketones is 2. The zero-order valence-corrected chi connectivity index (χ0v) is 13.7. The first-order chi connectivity index (χ1) is 9.20. The van der Waals surface area contributed by atoms with Crippen molar-refractivity contribution in [3.8, 4) is 0 Å². The van der Waals surface area contributed by atoms with Crippen LogP contribution in [-0.4, -0.2) is 60.6 Å². The Bertz CT molecular complexity index is 337. The lowest BCUT2D eigenvalue weighted by atomic mass is 9.89. The predicted octanol–water partition coefficient (Wildman–Crippen LogP) is 1.83. The monoisotopic (exact) mass is 282 g/mol. The molecule has 4 heteroatoms. The largest absolute Gasteiger partial charge is 0.300 e. The van der Waals surface area contributed by atoms with Gasteiger partial charge >= 0.3 is 0 Å². The van der Waals surface area contributed by atoms with Crippen molar-refractivity contribution in [1.82, 2.24) is 9.80 Å². The summed E-state index contributed by atoms with van der Waals surface area (Å²) < 4.78 is 0. The van der Waals surface area contributed by atoms with Crippen LogP contribution in [0.25, 0.3) is 0 Å². The molecule has 0 aromatic carbocycles. The fourth-order valence-corrected chi connectivity index (χ4v) is 2.21. The van der Waals surface area contributed by atoms with Gasteiger partial charge in [-0.15, -0.1) is 0 Å². The molecule has 0 aromatic rings. The van der Waals surface area contributed by atoms with Crippen molar-refractivity contribution in [2.75, 3.05) is 39.3 Å². The average Bonchev–Trinajstić information content (AvgIpc) is 2.36. The van der Waals surface area contributed by atoms with Crippen molar-refractivity contribution in [2.24, 2.45) is 11.3 Å². The standard InChI is InChI=1S/C16H30N2O2/c1-13(2)14(19)12-18-10-8-17(9-11-18)7-6-15(20)16(3,4)5/h13H,6-12H2,1-5H3. The summed E-state index contributed by atoms with van der Waals surface area (Å²) in [5, 5.41) is 0. The molecular formula is C16H30N2O2. The van der Waals surface area contributed by atoms with Gasteiger partial charge < -0.3 is 4.90 Å². The van der Waals surface area contributed by atoms with Crippen LogP contribution in [-0.2, 0) is 9.59 Å². The summed E-state index contributed by atoms with van der Waals surface area (Å²) in [5.74, 6) is 0.772. The van der Waals surface area contributed by atoms with Gasteiger partial charge in [0.25, 0.3) is 0 Å². The summed E-state index contributed by atoms with van der Waals surface area (Å²) >= 11 is 0. The third-order valence-corrected chi connectivity index (χ3v) is 3.98. The van der Waals surface area contributed by atoms with Gasteiger partial charge in [0, 0.05) is 50.5 Å². The van der Waals surface area contributed by atoms with Crippen LogP contribution in [0.1, 0.15) is 41.0 Å². The van der Waals surface area contributed by atoms with E-state index in [0.717, 1.165) is 32.7 Å². The molecule has 0 spiro atoms. The number of hydrogen-bond donors (Lipinski definition) is 0. The van der Waals surface area contributed by atoms with Crippen molar-refractivity contribution in [1.29, 1.82) is 0 Å². The molecule has 0 aromatic heterocycles. The molecule has 0 aliphatic carbocycles. The van der Waals surface area contributed by atoms with Crippen molar-refractivity contribution in [3.05, 3.63) is 0 Å². The number of rotatable bonds is 6. The summed E-state index contributed by atoms with van der Waals surface area (Å²) in [6, 6.07) is 0. The Hall–Kier alpha value is -0.740. The summed E-state index contributed by atoms with van der Waals surface area (Å²) in [4.78, 5) is 28.2. The molecule has 0 N–H and O–H groups in total. The number of nitrogens with zero attached hydrogens (tertiary/aromatic N) is 2. The lowest BCUT2D eigenvalue weighted by molar-refractivity contribution is -0.126. The Morgan fingerprint density at radius 3 is 1.95 bits per heavy atom. The van der Waals surface area contributed by atoms with Crippen LogP contribution in [0.3, 0.4) is 0 Å². The molecule has 4 nitrogen and oxygen atoms in total. The van der Waals surface area contributed by atoms with E-state index in [0.29, 0.717) is 24.5 Å². The van der Waals surface area contributed by atoms with Gasteiger partial charge in [0.1, 0.15) is 11.6 Å². The minimum absolute atomic E-state index is 0.123.